The van der Waals surface area contributed by atoms with Gasteiger partial charge in [0.15, 0.2) is 0 Å². The maximum atomic E-state index is 13.0. The molecule has 2 fully saturated rings. The number of hydrogen-bond acceptors (Lipinski definition) is 5. The average molecular weight is 428 g/mol. The van der Waals surface area contributed by atoms with E-state index in [1.54, 1.807) is 4.90 Å². The van der Waals surface area contributed by atoms with E-state index < -0.39 is 10.2 Å². The highest BCUT2D eigenvalue weighted by Gasteiger charge is 2.37. The van der Waals surface area contributed by atoms with E-state index in [9.17, 15) is 13.2 Å². The van der Waals surface area contributed by atoms with Crippen LogP contribution in [-0.4, -0.2) is 89.1 Å². The van der Waals surface area contributed by atoms with Gasteiger partial charge in [0.1, 0.15) is 0 Å². The van der Waals surface area contributed by atoms with Gasteiger partial charge in [-0.1, -0.05) is 0 Å². The summed E-state index contributed by atoms with van der Waals surface area (Å²) in [4.78, 5) is 14.4. The average Bonchev–Trinajstić information content (AvgIpc) is 2.90. The zero-order valence-corrected chi connectivity index (χ0v) is 18.9. The lowest BCUT2D eigenvalue weighted by Crippen LogP contribution is -2.57. The first-order chi connectivity index (χ1) is 13.6. The van der Waals surface area contributed by atoms with Crippen molar-refractivity contribution in [3.8, 4) is 0 Å². The number of carbonyl (C=O) groups is 1. The highest BCUT2D eigenvalue weighted by Crippen LogP contribution is 2.20. The highest BCUT2D eigenvalue weighted by molar-refractivity contribution is 7.86. The van der Waals surface area contributed by atoms with E-state index >= 15 is 0 Å². The van der Waals surface area contributed by atoms with Crippen LogP contribution in [0.25, 0.3) is 0 Å². The van der Waals surface area contributed by atoms with E-state index in [4.69, 9.17) is 4.74 Å². The van der Waals surface area contributed by atoms with Crippen molar-refractivity contribution in [2.45, 2.75) is 52.7 Å². The predicted octanol–water partition coefficient (Wildman–Crippen LogP) is 0.468. The summed E-state index contributed by atoms with van der Waals surface area (Å²) in [5, 5.41) is 4.40. The molecule has 0 radical (unpaired) electrons. The van der Waals surface area contributed by atoms with Gasteiger partial charge in [-0.3, -0.25) is 9.48 Å². The van der Waals surface area contributed by atoms with Gasteiger partial charge in [-0.05, 0) is 39.7 Å². The van der Waals surface area contributed by atoms with Gasteiger partial charge in [0.2, 0.25) is 5.91 Å². The highest BCUT2D eigenvalue weighted by atomic mass is 32.2. The summed E-state index contributed by atoms with van der Waals surface area (Å²) in [7, 11) is -1.62. The van der Waals surface area contributed by atoms with Crippen molar-refractivity contribution >= 4 is 16.1 Å². The number of carbonyl (C=O) groups excluding carboxylic acids is 1. The number of amides is 1. The van der Waals surface area contributed by atoms with E-state index in [-0.39, 0.29) is 18.1 Å². The summed E-state index contributed by atoms with van der Waals surface area (Å²) < 4.78 is 36.5. The molecule has 2 unspecified atom stereocenters. The van der Waals surface area contributed by atoms with Gasteiger partial charge in [-0.2, -0.15) is 22.1 Å². The molecule has 0 N–H and O–H groups in total. The Morgan fingerprint density at radius 2 is 1.66 bits per heavy atom. The second-order valence-corrected chi connectivity index (χ2v) is 10.1. The Balaban J connectivity index is 1.53. The van der Waals surface area contributed by atoms with Crippen molar-refractivity contribution in [1.82, 2.24) is 23.3 Å². The van der Waals surface area contributed by atoms with Crippen molar-refractivity contribution in [3.63, 3.8) is 0 Å². The summed E-state index contributed by atoms with van der Waals surface area (Å²) in [5.41, 5.74) is 3.17. The molecule has 0 bridgehead atoms. The largest absolute Gasteiger partial charge is 0.373 e. The number of aromatic nitrogens is 2. The Morgan fingerprint density at radius 1 is 1.07 bits per heavy atom. The Bertz CT molecular complexity index is 835. The number of nitrogens with zero attached hydrogens (tertiary/aromatic N) is 5. The molecule has 0 aliphatic carbocycles. The quantitative estimate of drug-likeness (QED) is 0.682. The summed E-state index contributed by atoms with van der Waals surface area (Å²) >= 11 is 0. The topological polar surface area (TPSA) is 88.0 Å². The number of aryl methyl sites for hydroxylation is 2. The van der Waals surface area contributed by atoms with Crippen molar-refractivity contribution in [1.29, 1.82) is 0 Å². The molecular weight excluding hydrogens is 394 g/mol. The zero-order valence-electron chi connectivity index (χ0n) is 18.1. The molecular formula is C19H33N5O4S. The van der Waals surface area contributed by atoms with E-state index in [0.717, 1.165) is 17.0 Å². The monoisotopic (exact) mass is 427 g/mol. The second kappa shape index (κ2) is 8.71. The van der Waals surface area contributed by atoms with Gasteiger partial charge < -0.3 is 9.64 Å². The third-order valence-electron chi connectivity index (χ3n) is 5.88. The number of hydrogen-bond donors (Lipinski definition) is 0. The molecule has 0 aromatic carbocycles. The van der Waals surface area contributed by atoms with Crippen molar-refractivity contribution in [2.24, 2.45) is 7.05 Å². The number of rotatable bonds is 5. The van der Waals surface area contributed by atoms with Gasteiger partial charge in [0.25, 0.3) is 10.2 Å². The zero-order chi connectivity index (χ0) is 21.3. The summed E-state index contributed by atoms with van der Waals surface area (Å²) in [6.07, 6.45) is 0.844. The smallest absolute Gasteiger partial charge is 0.282 e. The maximum absolute atomic E-state index is 13.0. The molecule has 3 rings (SSSR count). The molecule has 2 saturated heterocycles. The number of morpholine rings is 1. The van der Waals surface area contributed by atoms with Gasteiger partial charge >= 0.3 is 0 Å². The molecule has 1 aromatic rings. The number of ether oxygens (including phenoxy) is 1. The minimum absolute atomic E-state index is 0.0679. The SMILES string of the molecule is Cc1nn(C)c(C)c1CCC(=O)N1CCN(S(=O)(=O)N2CC(C)OC(C)C2)CC1. The van der Waals surface area contributed by atoms with E-state index in [0.29, 0.717) is 52.1 Å². The Hall–Kier alpha value is -1.49. The molecule has 0 spiro atoms. The van der Waals surface area contributed by atoms with Crippen LogP contribution < -0.4 is 0 Å². The first-order valence-corrected chi connectivity index (χ1v) is 11.7. The van der Waals surface area contributed by atoms with Crippen molar-refractivity contribution < 1.29 is 17.9 Å². The van der Waals surface area contributed by atoms with Gasteiger partial charge in [-0.25, -0.2) is 0 Å². The van der Waals surface area contributed by atoms with E-state index in [2.05, 4.69) is 5.10 Å². The van der Waals surface area contributed by atoms with Crippen LogP contribution in [0, 0.1) is 13.8 Å². The fraction of sp³-hybridized carbons (Fsp3) is 0.789. The molecule has 1 amide bonds. The molecule has 1 aromatic heterocycles. The Morgan fingerprint density at radius 3 is 2.17 bits per heavy atom. The molecule has 2 atom stereocenters. The van der Waals surface area contributed by atoms with Crippen LogP contribution >= 0.6 is 0 Å². The lowest BCUT2D eigenvalue weighted by atomic mass is 10.1. The normalized spacial score (nSPS) is 24.8. The first kappa shape index (κ1) is 22.2. The van der Waals surface area contributed by atoms with E-state index in [1.807, 2.05) is 39.4 Å². The van der Waals surface area contributed by atoms with Crippen LogP contribution in [0.3, 0.4) is 0 Å². The predicted molar refractivity (Wildman–Crippen MR) is 110 cm³/mol. The fourth-order valence-corrected chi connectivity index (χ4v) is 5.97. The molecule has 9 nitrogen and oxygen atoms in total. The first-order valence-electron chi connectivity index (χ1n) is 10.3. The maximum Gasteiger partial charge on any atom is 0.282 e. The number of piperazine rings is 1. The summed E-state index contributed by atoms with van der Waals surface area (Å²) in [6, 6.07) is 0. The molecule has 10 heteroatoms. The third kappa shape index (κ3) is 4.82. The van der Waals surface area contributed by atoms with Crippen LogP contribution in [-0.2, 0) is 33.2 Å². The lowest BCUT2D eigenvalue weighted by molar-refractivity contribution is -0.132. The molecule has 0 saturated carbocycles. The molecule has 2 aliphatic rings. The van der Waals surface area contributed by atoms with Gasteiger partial charge in [-0.15, -0.1) is 0 Å². The summed E-state index contributed by atoms with van der Waals surface area (Å²) in [5.74, 6) is 0.0679. The minimum Gasteiger partial charge on any atom is -0.373 e. The molecule has 3 heterocycles. The van der Waals surface area contributed by atoms with Crippen LogP contribution in [0.4, 0.5) is 0 Å². The van der Waals surface area contributed by atoms with Crippen molar-refractivity contribution in [3.05, 3.63) is 17.0 Å². The Kier molecular flexibility index (Phi) is 6.67. The molecule has 2 aliphatic heterocycles. The molecule has 164 valence electrons. The van der Waals surface area contributed by atoms with Crippen LogP contribution in [0.15, 0.2) is 0 Å². The van der Waals surface area contributed by atoms with Gasteiger partial charge in [0.05, 0.1) is 17.9 Å². The van der Waals surface area contributed by atoms with Gasteiger partial charge in [0, 0.05) is 58.4 Å². The fourth-order valence-electron chi connectivity index (χ4n) is 4.22. The second-order valence-electron chi connectivity index (χ2n) is 8.13. The lowest BCUT2D eigenvalue weighted by Gasteiger charge is -2.40. The van der Waals surface area contributed by atoms with Crippen LogP contribution in [0.5, 0.6) is 0 Å². The third-order valence-corrected chi connectivity index (χ3v) is 7.85. The Labute approximate surface area is 173 Å². The minimum atomic E-state index is -3.53. The standard InChI is InChI=1S/C19H33N5O4S/c1-14-12-24(13-15(2)28-14)29(26,27)23-10-8-22(9-11-23)19(25)7-6-18-16(3)20-21(5)17(18)4/h14-15H,6-13H2,1-5H3. The van der Waals surface area contributed by atoms with Crippen molar-refractivity contribution in [2.75, 3.05) is 39.3 Å². The van der Waals surface area contributed by atoms with Crippen LogP contribution in [0.1, 0.15) is 37.2 Å². The van der Waals surface area contributed by atoms with E-state index in [1.165, 1.54) is 8.61 Å². The van der Waals surface area contributed by atoms with Crippen LogP contribution in [0.2, 0.25) is 0 Å². The summed E-state index contributed by atoms with van der Waals surface area (Å²) in [6.45, 7) is 10.0. The molecule has 29 heavy (non-hydrogen) atoms.